The van der Waals surface area contributed by atoms with Crippen LogP contribution in [0, 0.1) is 0 Å². The molecule has 4 aromatic rings. The topological polar surface area (TPSA) is 81.8 Å². The lowest BCUT2D eigenvalue weighted by Crippen LogP contribution is -2.31. The van der Waals surface area contributed by atoms with E-state index in [0.717, 1.165) is 16.8 Å². The van der Waals surface area contributed by atoms with Crippen molar-refractivity contribution >= 4 is 5.91 Å². The maximum absolute atomic E-state index is 12.7. The Morgan fingerprint density at radius 3 is 2.50 bits per heavy atom. The molecule has 1 unspecified atom stereocenters. The van der Waals surface area contributed by atoms with Crippen LogP contribution in [0.3, 0.4) is 0 Å². The van der Waals surface area contributed by atoms with Gasteiger partial charge in [-0.05, 0) is 36.2 Å². The number of nitrogens with one attached hydrogen (secondary N) is 1. The number of rotatable bonds is 6. The number of carbonyl (C=O) groups is 1. The first kappa shape index (κ1) is 19.3. The van der Waals surface area contributed by atoms with E-state index in [1.165, 1.54) is 16.8 Å². The molecule has 1 atom stereocenters. The quantitative estimate of drug-likeness (QED) is 0.540. The highest BCUT2D eigenvalue weighted by Gasteiger charge is 2.14. The van der Waals surface area contributed by atoms with Crippen molar-refractivity contribution in [2.45, 2.75) is 19.5 Å². The fourth-order valence-corrected chi connectivity index (χ4v) is 3.14. The van der Waals surface area contributed by atoms with E-state index in [9.17, 15) is 9.59 Å². The minimum absolute atomic E-state index is 0.201. The molecule has 7 heteroatoms. The molecule has 0 saturated carbocycles. The second-order valence-electron chi connectivity index (χ2n) is 6.96. The molecule has 0 aliphatic heterocycles. The van der Waals surface area contributed by atoms with E-state index < -0.39 is 0 Å². The Kier molecular flexibility index (Phi) is 5.52. The van der Waals surface area contributed by atoms with E-state index in [1.54, 1.807) is 12.5 Å². The molecule has 30 heavy (non-hydrogen) atoms. The molecule has 0 spiro atoms. The Bertz CT molecular complexity index is 1180. The highest BCUT2D eigenvalue weighted by atomic mass is 16.2. The molecule has 7 nitrogen and oxygen atoms in total. The summed E-state index contributed by atoms with van der Waals surface area (Å²) in [4.78, 5) is 28.9. The third kappa shape index (κ3) is 4.35. The van der Waals surface area contributed by atoms with Gasteiger partial charge >= 0.3 is 0 Å². The SMILES string of the molecule is CC(NC(=O)c1ccc(=O)n(Cc2ccccc2)n1)c1ccc(-n2ccnc2)cc1. The lowest BCUT2D eigenvalue weighted by atomic mass is 10.1. The Labute approximate surface area is 173 Å². The molecule has 4 rings (SSSR count). The van der Waals surface area contributed by atoms with Gasteiger partial charge in [-0.2, -0.15) is 5.10 Å². The zero-order valence-corrected chi connectivity index (χ0v) is 16.5. The highest BCUT2D eigenvalue weighted by molar-refractivity contribution is 5.92. The summed E-state index contributed by atoms with van der Waals surface area (Å²) in [6.07, 6.45) is 5.33. The maximum atomic E-state index is 12.7. The molecule has 0 aliphatic rings. The number of imidazole rings is 1. The van der Waals surface area contributed by atoms with Crippen molar-refractivity contribution in [3.05, 3.63) is 113 Å². The van der Waals surface area contributed by atoms with Crippen molar-refractivity contribution in [3.8, 4) is 5.69 Å². The van der Waals surface area contributed by atoms with Gasteiger partial charge in [0.15, 0.2) is 0 Å². The molecule has 0 aliphatic carbocycles. The first-order chi connectivity index (χ1) is 14.6. The summed E-state index contributed by atoms with van der Waals surface area (Å²) < 4.78 is 3.21. The van der Waals surface area contributed by atoms with Gasteiger partial charge in [-0.3, -0.25) is 9.59 Å². The minimum atomic E-state index is -0.331. The van der Waals surface area contributed by atoms with Gasteiger partial charge in [-0.15, -0.1) is 0 Å². The van der Waals surface area contributed by atoms with Crippen LogP contribution in [0.2, 0.25) is 0 Å². The lowest BCUT2D eigenvalue weighted by Gasteiger charge is -2.15. The summed E-state index contributed by atoms with van der Waals surface area (Å²) in [7, 11) is 0. The van der Waals surface area contributed by atoms with Crippen LogP contribution in [-0.4, -0.2) is 25.2 Å². The molecular formula is C23H21N5O2. The molecule has 0 radical (unpaired) electrons. The summed E-state index contributed by atoms with van der Waals surface area (Å²) in [5.41, 5.74) is 2.84. The molecule has 1 amide bonds. The molecule has 2 aromatic carbocycles. The predicted molar refractivity (Wildman–Crippen MR) is 113 cm³/mol. The molecule has 2 aromatic heterocycles. The Morgan fingerprint density at radius 2 is 1.80 bits per heavy atom. The monoisotopic (exact) mass is 399 g/mol. The van der Waals surface area contributed by atoms with E-state index in [0.29, 0.717) is 6.54 Å². The van der Waals surface area contributed by atoms with Crippen molar-refractivity contribution in [2.75, 3.05) is 0 Å². The average molecular weight is 399 g/mol. The van der Waals surface area contributed by atoms with Gasteiger partial charge in [0, 0.05) is 24.1 Å². The number of carbonyl (C=O) groups excluding carboxylic acids is 1. The summed E-state index contributed by atoms with van der Waals surface area (Å²) >= 11 is 0. The number of amides is 1. The smallest absolute Gasteiger partial charge is 0.272 e. The van der Waals surface area contributed by atoms with Gasteiger partial charge in [-0.25, -0.2) is 9.67 Å². The molecular weight excluding hydrogens is 378 g/mol. The van der Waals surface area contributed by atoms with Gasteiger partial charge in [0.2, 0.25) is 0 Å². The van der Waals surface area contributed by atoms with Gasteiger partial charge in [0.1, 0.15) is 5.69 Å². The zero-order chi connectivity index (χ0) is 20.9. The van der Waals surface area contributed by atoms with Crippen LogP contribution < -0.4 is 10.9 Å². The Morgan fingerprint density at radius 1 is 1.03 bits per heavy atom. The van der Waals surface area contributed by atoms with E-state index >= 15 is 0 Å². The number of hydrogen-bond acceptors (Lipinski definition) is 4. The van der Waals surface area contributed by atoms with Gasteiger partial charge in [0.25, 0.3) is 11.5 Å². The molecule has 0 fully saturated rings. The van der Waals surface area contributed by atoms with Crippen molar-refractivity contribution in [1.29, 1.82) is 0 Å². The zero-order valence-electron chi connectivity index (χ0n) is 16.5. The van der Waals surface area contributed by atoms with E-state index in [1.807, 2.05) is 72.3 Å². The second kappa shape index (κ2) is 8.57. The molecule has 0 bridgehead atoms. The summed E-state index contributed by atoms with van der Waals surface area (Å²) in [5.74, 6) is -0.331. The standard InChI is InChI=1S/C23H21N5O2/c1-17(19-7-9-20(10-8-19)27-14-13-24-16-27)25-23(30)21-11-12-22(29)28(26-21)15-18-5-3-2-4-6-18/h2-14,16-17H,15H2,1H3,(H,25,30). The first-order valence-corrected chi connectivity index (χ1v) is 9.61. The van der Waals surface area contributed by atoms with Crippen molar-refractivity contribution in [3.63, 3.8) is 0 Å². The highest BCUT2D eigenvalue weighted by Crippen LogP contribution is 2.16. The van der Waals surface area contributed by atoms with Crippen LogP contribution in [0.1, 0.15) is 34.6 Å². The van der Waals surface area contributed by atoms with Gasteiger partial charge < -0.3 is 9.88 Å². The number of aromatic nitrogens is 4. The predicted octanol–water partition coefficient (Wildman–Crippen LogP) is 2.97. The molecule has 1 N–H and O–H groups in total. The van der Waals surface area contributed by atoms with Crippen LogP contribution in [-0.2, 0) is 6.54 Å². The summed E-state index contributed by atoms with van der Waals surface area (Å²) in [6.45, 7) is 2.22. The number of benzene rings is 2. The molecule has 2 heterocycles. The van der Waals surface area contributed by atoms with Crippen molar-refractivity contribution < 1.29 is 4.79 Å². The largest absolute Gasteiger partial charge is 0.344 e. The molecule has 0 saturated heterocycles. The molecule has 150 valence electrons. The fourth-order valence-electron chi connectivity index (χ4n) is 3.14. The van der Waals surface area contributed by atoms with Crippen molar-refractivity contribution in [1.82, 2.24) is 24.6 Å². The maximum Gasteiger partial charge on any atom is 0.272 e. The Balaban J connectivity index is 1.46. The van der Waals surface area contributed by atoms with Crippen LogP contribution in [0.5, 0.6) is 0 Å². The van der Waals surface area contributed by atoms with E-state index in [2.05, 4.69) is 15.4 Å². The third-order valence-electron chi connectivity index (χ3n) is 4.82. The van der Waals surface area contributed by atoms with Crippen LogP contribution in [0.15, 0.2) is 90.2 Å². The second-order valence-corrected chi connectivity index (χ2v) is 6.96. The average Bonchev–Trinajstić information content (AvgIpc) is 3.31. The summed E-state index contributed by atoms with van der Waals surface area (Å²) in [5, 5.41) is 7.19. The number of hydrogen-bond donors (Lipinski definition) is 1. The first-order valence-electron chi connectivity index (χ1n) is 9.61. The van der Waals surface area contributed by atoms with Crippen LogP contribution in [0.25, 0.3) is 5.69 Å². The van der Waals surface area contributed by atoms with E-state index in [4.69, 9.17) is 0 Å². The summed E-state index contributed by atoms with van der Waals surface area (Å²) in [6, 6.07) is 20.0. The minimum Gasteiger partial charge on any atom is -0.344 e. The third-order valence-corrected chi connectivity index (χ3v) is 4.82. The van der Waals surface area contributed by atoms with Crippen molar-refractivity contribution in [2.24, 2.45) is 0 Å². The van der Waals surface area contributed by atoms with Crippen LogP contribution >= 0.6 is 0 Å². The van der Waals surface area contributed by atoms with Crippen LogP contribution in [0.4, 0.5) is 0 Å². The van der Waals surface area contributed by atoms with E-state index in [-0.39, 0.29) is 23.2 Å². The number of nitrogens with zero attached hydrogens (tertiary/aromatic N) is 4. The normalized spacial score (nSPS) is 11.8. The lowest BCUT2D eigenvalue weighted by molar-refractivity contribution is 0.0932. The Hall–Kier alpha value is -4.00. The fraction of sp³-hybridized carbons (Fsp3) is 0.130. The van der Waals surface area contributed by atoms with Gasteiger partial charge in [-0.1, -0.05) is 42.5 Å². The van der Waals surface area contributed by atoms with Gasteiger partial charge in [0.05, 0.1) is 18.9 Å².